The molecule has 1 aliphatic carbocycles. The molecule has 5 aromatic rings. The highest BCUT2D eigenvalue weighted by molar-refractivity contribution is 6.24. The quantitative estimate of drug-likeness (QED) is 0.0590. The van der Waals surface area contributed by atoms with Gasteiger partial charge in [-0.3, -0.25) is 39.1 Å². The van der Waals surface area contributed by atoms with Crippen LogP contribution >= 0.6 is 0 Å². The van der Waals surface area contributed by atoms with Gasteiger partial charge in [-0.05, 0) is 107 Å². The van der Waals surface area contributed by atoms with Gasteiger partial charge in [-0.15, -0.1) is 0 Å². The number of hydrogen-bond donors (Lipinski definition) is 3. The zero-order chi connectivity index (χ0) is 45.6. The van der Waals surface area contributed by atoms with Gasteiger partial charge < -0.3 is 25.4 Å². The molecule has 17 nitrogen and oxygen atoms in total. The Kier molecular flexibility index (Phi) is 13.7. The van der Waals surface area contributed by atoms with Gasteiger partial charge in [0.2, 0.25) is 11.8 Å². The molecular formula is C49H56N10O7. The lowest BCUT2D eigenvalue weighted by atomic mass is 9.90. The fraction of sp³-hybridized carbons (Fsp3) is 0.429. The number of nitrogens with two attached hydrogens (primary N) is 1. The van der Waals surface area contributed by atoms with Crippen molar-refractivity contribution in [3.8, 4) is 28.5 Å². The van der Waals surface area contributed by atoms with Crippen molar-refractivity contribution in [1.29, 1.82) is 0 Å². The van der Waals surface area contributed by atoms with Crippen molar-refractivity contribution in [1.82, 2.24) is 45.1 Å². The molecule has 344 valence electrons. The van der Waals surface area contributed by atoms with E-state index in [1.807, 2.05) is 54.6 Å². The van der Waals surface area contributed by atoms with E-state index in [0.717, 1.165) is 123 Å². The first-order valence-electron chi connectivity index (χ1n) is 23.2. The van der Waals surface area contributed by atoms with Crippen molar-refractivity contribution in [2.75, 3.05) is 51.5 Å². The number of benzene rings is 3. The van der Waals surface area contributed by atoms with Gasteiger partial charge >= 0.3 is 0 Å². The highest BCUT2D eigenvalue weighted by atomic mass is 16.5. The molecule has 0 bridgehead atoms. The van der Waals surface area contributed by atoms with E-state index in [2.05, 4.69) is 35.1 Å². The molecule has 9 rings (SSSR count). The summed E-state index contributed by atoms with van der Waals surface area (Å²) in [5, 5.41) is 11.4. The number of unbranched alkanes of at least 4 members (excludes halogenated alkanes) is 3. The fourth-order valence-electron chi connectivity index (χ4n) is 9.82. The van der Waals surface area contributed by atoms with Gasteiger partial charge in [0.1, 0.15) is 41.1 Å². The van der Waals surface area contributed by atoms with E-state index >= 15 is 0 Å². The summed E-state index contributed by atoms with van der Waals surface area (Å²) in [6, 6.07) is 22.0. The minimum Gasteiger partial charge on any atom is -0.481 e. The molecule has 2 atom stereocenters. The molecule has 4 amide bonds. The number of piperidine rings is 1. The Morgan fingerprint density at radius 2 is 1.55 bits per heavy atom. The predicted molar refractivity (Wildman–Crippen MR) is 246 cm³/mol. The average Bonchev–Trinajstić information content (AvgIpc) is 3.85. The van der Waals surface area contributed by atoms with E-state index in [1.54, 1.807) is 6.07 Å². The smallest absolute Gasteiger partial charge is 0.266 e. The van der Waals surface area contributed by atoms with Gasteiger partial charge in [-0.2, -0.15) is 5.10 Å². The predicted octanol–water partition coefficient (Wildman–Crippen LogP) is 5.17. The number of carbonyl (C=O) groups is 5. The number of anilines is 1. The fourth-order valence-corrected chi connectivity index (χ4v) is 9.82. The molecular weight excluding hydrogens is 841 g/mol. The van der Waals surface area contributed by atoms with Gasteiger partial charge in [-0.25, -0.2) is 14.6 Å². The van der Waals surface area contributed by atoms with Crippen LogP contribution in [0.4, 0.5) is 5.82 Å². The van der Waals surface area contributed by atoms with Crippen molar-refractivity contribution in [3.63, 3.8) is 0 Å². The second-order valence-electron chi connectivity index (χ2n) is 17.6. The summed E-state index contributed by atoms with van der Waals surface area (Å²) >= 11 is 0. The van der Waals surface area contributed by atoms with Crippen LogP contribution in [0, 0.1) is 0 Å². The molecule has 66 heavy (non-hydrogen) atoms. The zero-order valence-electron chi connectivity index (χ0n) is 37.0. The number of nitrogens with one attached hydrogen (secondary N) is 2. The molecule has 2 unspecified atom stereocenters. The highest BCUT2D eigenvalue weighted by Gasteiger charge is 2.46. The Hall–Kier alpha value is -6.56. The molecule has 2 aromatic heterocycles. The molecule has 3 aliphatic heterocycles. The SMILES string of the molecule is Nc1ncnc2c1c(-c1ccc(Oc3ccccc3)cc1)nn2C1CCC(N2CCN(CCCCCCNCC(C=O)Oc3cccc4c3C(=O)N(C3CCC(=O)NC3=O)C4=O)CC2)CC1. The maximum absolute atomic E-state index is 13.4. The van der Waals surface area contributed by atoms with Crippen molar-refractivity contribution in [2.45, 2.75) is 88.4 Å². The van der Waals surface area contributed by atoms with E-state index in [1.165, 1.54) is 18.5 Å². The number of hydrogen-bond acceptors (Lipinski definition) is 14. The number of aldehydes is 1. The summed E-state index contributed by atoms with van der Waals surface area (Å²) in [6.07, 6.45) is 9.94. The third kappa shape index (κ3) is 9.69. The minimum absolute atomic E-state index is 0.0229. The van der Waals surface area contributed by atoms with Crippen LogP contribution in [0.15, 0.2) is 79.1 Å². The van der Waals surface area contributed by atoms with E-state index in [9.17, 15) is 24.0 Å². The third-order valence-corrected chi connectivity index (χ3v) is 13.3. The molecule has 0 radical (unpaired) electrons. The summed E-state index contributed by atoms with van der Waals surface area (Å²) in [4.78, 5) is 77.8. The monoisotopic (exact) mass is 896 g/mol. The highest BCUT2D eigenvalue weighted by Crippen LogP contribution is 2.38. The standard InChI is InChI=1S/C49H56N10O7/c50-45-43-44(32-13-19-36(20-14-32)65-35-9-4-3-5-10-35)55-59(46(43)53-31-52-45)34-17-15-33(16-18-34)57-27-25-56(26-28-57)24-7-2-1-6-23-51-29-37(30-60)66-40-12-8-11-38-42(40)49(64)58(48(38)63)39-21-22-41(61)54-47(39)62/h3-5,8-14,19-20,30-31,33-34,37,39,51H,1-2,6-7,15-18,21-29H2,(H2,50,52,53)(H,54,61,62). The molecule has 17 heteroatoms. The number of carbonyl (C=O) groups excluding carboxylic acids is 5. The zero-order valence-corrected chi connectivity index (χ0v) is 37.0. The molecule has 1 saturated carbocycles. The number of ether oxygens (including phenoxy) is 2. The van der Waals surface area contributed by atoms with Crippen molar-refractivity contribution >= 4 is 46.8 Å². The van der Waals surface area contributed by atoms with Crippen LogP contribution in [0.1, 0.15) is 91.0 Å². The van der Waals surface area contributed by atoms with Crippen molar-refractivity contribution < 1.29 is 33.4 Å². The van der Waals surface area contributed by atoms with Crippen LogP contribution in [0.2, 0.25) is 0 Å². The first-order valence-corrected chi connectivity index (χ1v) is 23.2. The van der Waals surface area contributed by atoms with Gasteiger partial charge in [-0.1, -0.05) is 37.1 Å². The molecule has 3 aromatic carbocycles. The molecule has 2 saturated heterocycles. The van der Waals surface area contributed by atoms with Crippen LogP contribution in [0.25, 0.3) is 22.3 Å². The second kappa shape index (κ2) is 20.3. The van der Waals surface area contributed by atoms with E-state index in [4.69, 9.17) is 20.3 Å². The number of nitrogen functional groups attached to an aromatic ring is 1. The normalized spacial score (nSPS) is 20.9. The number of para-hydroxylation sites is 1. The van der Waals surface area contributed by atoms with E-state index in [0.29, 0.717) is 24.7 Å². The van der Waals surface area contributed by atoms with Crippen LogP contribution in [-0.2, 0) is 14.4 Å². The van der Waals surface area contributed by atoms with Gasteiger partial charge in [0.05, 0.1) is 22.6 Å². The van der Waals surface area contributed by atoms with Crippen molar-refractivity contribution in [3.05, 3.63) is 90.3 Å². The Balaban J connectivity index is 0.671. The van der Waals surface area contributed by atoms with Crippen LogP contribution in [0.3, 0.4) is 0 Å². The van der Waals surface area contributed by atoms with Gasteiger partial charge in [0.15, 0.2) is 18.0 Å². The number of piperazine rings is 1. The maximum Gasteiger partial charge on any atom is 0.266 e. The number of imide groups is 2. The maximum atomic E-state index is 13.4. The first-order chi connectivity index (χ1) is 32.2. The Labute approximate surface area is 383 Å². The van der Waals surface area contributed by atoms with Gasteiger partial charge in [0, 0.05) is 50.7 Å². The number of amides is 4. The Morgan fingerprint density at radius 3 is 2.30 bits per heavy atom. The molecule has 0 spiro atoms. The number of nitrogens with zero attached hydrogens (tertiary/aromatic N) is 7. The van der Waals surface area contributed by atoms with Crippen LogP contribution in [-0.4, -0.2) is 128 Å². The summed E-state index contributed by atoms with van der Waals surface area (Å²) in [7, 11) is 0. The minimum atomic E-state index is -1.08. The van der Waals surface area contributed by atoms with E-state index in [-0.39, 0.29) is 42.3 Å². The molecule has 5 heterocycles. The Bertz CT molecular complexity index is 2550. The average molecular weight is 897 g/mol. The lowest BCUT2D eigenvalue weighted by Gasteiger charge is -2.42. The summed E-state index contributed by atoms with van der Waals surface area (Å²) in [5.74, 6) is -0.357. The summed E-state index contributed by atoms with van der Waals surface area (Å²) in [6.45, 7) is 6.35. The summed E-state index contributed by atoms with van der Waals surface area (Å²) < 4.78 is 14.0. The molecule has 4 N–H and O–H groups in total. The summed E-state index contributed by atoms with van der Waals surface area (Å²) in [5.41, 5.74) is 9.09. The molecule has 3 fully saturated rings. The third-order valence-electron chi connectivity index (χ3n) is 13.3. The van der Waals surface area contributed by atoms with Crippen LogP contribution in [0.5, 0.6) is 17.2 Å². The largest absolute Gasteiger partial charge is 0.481 e. The van der Waals surface area contributed by atoms with Gasteiger partial charge in [0.25, 0.3) is 11.8 Å². The number of rotatable bonds is 18. The molecule has 4 aliphatic rings. The van der Waals surface area contributed by atoms with Crippen molar-refractivity contribution in [2.24, 2.45) is 0 Å². The van der Waals surface area contributed by atoms with E-state index < -0.39 is 35.8 Å². The number of aromatic nitrogens is 4. The Morgan fingerprint density at radius 1 is 0.803 bits per heavy atom. The topological polar surface area (TPSA) is 207 Å². The lowest BCUT2D eigenvalue weighted by Crippen LogP contribution is -2.54. The number of fused-ring (bicyclic) bond motifs is 2. The van der Waals surface area contributed by atoms with Crippen LogP contribution < -0.4 is 25.8 Å². The lowest BCUT2D eigenvalue weighted by molar-refractivity contribution is -0.136. The first kappa shape index (κ1) is 44.6. The second-order valence-corrected chi connectivity index (χ2v) is 17.6.